The summed E-state index contributed by atoms with van der Waals surface area (Å²) in [4.78, 5) is 9.38. The Bertz CT molecular complexity index is 2790. The van der Waals surface area contributed by atoms with Crippen molar-refractivity contribution in [1.82, 2.24) is 19.1 Å². The van der Waals surface area contributed by atoms with Crippen molar-refractivity contribution in [3.8, 4) is 34.8 Å². The number of fused-ring (bicyclic) bond motifs is 4. The molecule has 0 unspecified atom stereocenters. The van der Waals surface area contributed by atoms with Gasteiger partial charge in [0.1, 0.15) is 5.82 Å². The van der Waals surface area contributed by atoms with E-state index in [1.54, 1.807) is 12.4 Å². The van der Waals surface area contributed by atoms with Crippen LogP contribution in [0.2, 0.25) is 0 Å². The maximum atomic E-state index is 9.72. The number of hydrogen-bond donors (Lipinski definition) is 0. The smallest absolute Gasteiger partial charge is 0.268 e. The van der Waals surface area contributed by atoms with Gasteiger partial charge in [-0.15, -0.1) is 23.6 Å². The van der Waals surface area contributed by atoms with E-state index in [2.05, 4.69) is 149 Å². The molecule has 4 aromatic heterocycles. The Labute approximate surface area is 343 Å². The van der Waals surface area contributed by atoms with Crippen molar-refractivity contribution in [3.05, 3.63) is 144 Å². The number of rotatable bonds is 5. The molecular weight excluding hydrogens is 872 g/mol. The van der Waals surface area contributed by atoms with Crippen LogP contribution in [0.3, 0.4) is 0 Å². The average Bonchev–Trinajstić information content (AvgIpc) is 3.69. The Morgan fingerprint density at radius 3 is 2.11 bits per heavy atom. The van der Waals surface area contributed by atoms with Gasteiger partial charge >= 0.3 is 0 Å². The van der Waals surface area contributed by atoms with E-state index in [0.29, 0.717) is 22.7 Å². The summed E-state index contributed by atoms with van der Waals surface area (Å²) in [5.74, 6) is 1.72. The van der Waals surface area contributed by atoms with E-state index >= 15 is 0 Å². The topological polar surface area (TPSA) is 72.5 Å². The van der Waals surface area contributed by atoms with Crippen molar-refractivity contribution in [1.29, 1.82) is 5.26 Å². The van der Waals surface area contributed by atoms with Gasteiger partial charge in [-0.25, -0.2) is 4.98 Å². The van der Waals surface area contributed by atoms with Crippen LogP contribution in [0.5, 0.6) is 11.5 Å². The van der Waals surface area contributed by atoms with Gasteiger partial charge in [0.05, 0.1) is 28.4 Å². The molecule has 4 heterocycles. The van der Waals surface area contributed by atoms with E-state index in [9.17, 15) is 5.26 Å². The summed E-state index contributed by atoms with van der Waals surface area (Å²) in [6.45, 7) is 20.1. The van der Waals surface area contributed by atoms with Crippen molar-refractivity contribution in [2.75, 3.05) is 0 Å². The van der Waals surface area contributed by atoms with E-state index in [0.717, 1.165) is 44.3 Å². The van der Waals surface area contributed by atoms with E-state index < -0.39 is 0 Å². The van der Waals surface area contributed by atoms with Gasteiger partial charge in [0.15, 0.2) is 0 Å². The molecule has 0 saturated carbocycles. The van der Waals surface area contributed by atoms with Crippen molar-refractivity contribution >= 4 is 32.8 Å². The first kappa shape index (κ1) is 38.7. The Hall–Kier alpha value is -5.57. The minimum Gasteiger partial charge on any atom is -0.508 e. The fraction of sp³-hybridized carbons (Fsp3) is 0.250. The normalized spacial score (nSPS) is 12.2. The average molecular weight is 916 g/mol. The van der Waals surface area contributed by atoms with Crippen LogP contribution in [-0.2, 0) is 37.3 Å². The summed E-state index contributed by atoms with van der Waals surface area (Å²) in [7, 11) is 0. The zero-order valence-corrected chi connectivity index (χ0v) is 35.5. The fourth-order valence-electron chi connectivity index (χ4n) is 6.99. The van der Waals surface area contributed by atoms with Gasteiger partial charge in [-0.2, -0.15) is 11.3 Å². The number of nitrogens with zero attached hydrogens (tertiary/aromatic N) is 6. The molecule has 0 N–H and O–H groups in total. The molecule has 0 aliphatic carbocycles. The van der Waals surface area contributed by atoms with E-state index in [1.807, 2.05) is 47.2 Å². The Balaban J connectivity index is 0.00000480. The molecule has 0 saturated heterocycles. The van der Waals surface area contributed by atoms with Gasteiger partial charge in [0, 0.05) is 44.3 Å². The molecule has 56 heavy (non-hydrogen) atoms. The molecule has 0 fully saturated rings. The third-order valence-corrected chi connectivity index (χ3v) is 10.2. The minimum absolute atomic E-state index is 0. The molecule has 0 amide bonds. The quantitative estimate of drug-likeness (QED) is 0.127. The van der Waals surface area contributed by atoms with Gasteiger partial charge in [-0.1, -0.05) is 104 Å². The zero-order chi connectivity index (χ0) is 38.9. The summed E-state index contributed by atoms with van der Waals surface area (Å²) in [6.07, 6.45) is 8.91. The Morgan fingerprint density at radius 1 is 0.696 bits per heavy atom. The first-order chi connectivity index (χ1) is 26.1. The minimum atomic E-state index is -0.0656. The van der Waals surface area contributed by atoms with Crippen LogP contribution in [0.4, 0.5) is 0 Å². The predicted molar refractivity (Wildman–Crippen MR) is 219 cm³/mol. The van der Waals surface area contributed by atoms with Gasteiger partial charge in [0.2, 0.25) is 0 Å². The molecule has 0 radical (unpaired) electrons. The molecule has 0 atom stereocenters. The zero-order valence-electron chi connectivity index (χ0n) is 33.2. The summed E-state index contributed by atoms with van der Waals surface area (Å²) in [5.41, 5.74) is 9.63. The maximum absolute atomic E-state index is 9.72. The van der Waals surface area contributed by atoms with Gasteiger partial charge in [0.25, 0.3) is 6.33 Å². The summed E-state index contributed by atoms with van der Waals surface area (Å²) < 4.78 is 12.7. The fourth-order valence-corrected chi connectivity index (χ4v) is 6.99. The van der Waals surface area contributed by atoms with Crippen LogP contribution in [0.15, 0.2) is 104 Å². The molecule has 0 aliphatic rings. The molecule has 284 valence electrons. The number of hydrogen-bond acceptors (Lipinski definition) is 4. The number of para-hydroxylation sites is 2. The molecule has 8 aromatic rings. The van der Waals surface area contributed by atoms with Crippen molar-refractivity contribution in [2.24, 2.45) is 0 Å². The van der Waals surface area contributed by atoms with Gasteiger partial charge < -0.3 is 18.9 Å². The van der Waals surface area contributed by atoms with Gasteiger partial charge in [-0.3, -0.25) is 4.57 Å². The molecule has 7 nitrogen and oxygen atoms in total. The standard InChI is InChI=1S/C48H44N6O.Pt/c1-46(2,3)32-18-19-51-45(24-32)54-41-17-14-31(27-49)20-40(41)39-16-15-37(26-44(39)54)55-38-25-36(28-50-29-38)53-30-52(42-12-10-11-13-43(42)53)35-22-33(47(4,5)6)21-34(23-35)48(7,8)9;/h10-24,28-29H,1-9H3;/q-2;. The SMILES string of the molecule is CC(C)(C)c1cc(-[n+]2[c-]n(-c3[c-]c(Oc4[c-]c5c(cc4)c4cc(C#N)ccc4n5-c4cc(C(C)(C)C)ccn4)cnc3)c3ccccc32)cc(C(C)(C)C)c1.[Pt]. The van der Waals surface area contributed by atoms with Crippen LogP contribution < -0.4 is 9.30 Å². The van der Waals surface area contributed by atoms with Crippen molar-refractivity contribution < 1.29 is 30.4 Å². The van der Waals surface area contributed by atoms with Crippen LogP contribution >= 0.6 is 0 Å². The number of nitriles is 1. The summed E-state index contributed by atoms with van der Waals surface area (Å²) >= 11 is 0. The van der Waals surface area contributed by atoms with E-state index in [4.69, 9.17) is 9.72 Å². The molecule has 0 spiro atoms. The van der Waals surface area contributed by atoms with Crippen molar-refractivity contribution in [3.63, 3.8) is 0 Å². The maximum Gasteiger partial charge on any atom is 0.268 e. The molecular formula is C48H44N6OPt-2. The second-order valence-electron chi connectivity index (χ2n) is 17.3. The first-order valence-electron chi connectivity index (χ1n) is 18.6. The Kier molecular flexibility index (Phi) is 9.80. The largest absolute Gasteiger partial charge is 0.508 e. The number of aromatic nitrogens is 5. The predicted octanol–water partition coefficient (Wildman–Crippen LogP) is 10.7. The molecule has 0 bridgehead atoms. The second kappa shape index (κ2) is 14.2. The summed E-state index contributed by atoms with van der Waals surface area (Å²) in [6, 6.07) is 38.2. The van der Waals surface area contributed by atoms with Crippen LogP contribution in [0.25, 0.3) is 50.0 Å². The van der Waals surface area contributed by atoms with Gasteiger partial charge in [-0.05, 0) is 92.7 Å². The van der Waals surface area contributed by atoms with Crippen molar-refractivity contribution in [2.45, 2.75) is 78.6 Å². The Morgan fingerprint density at radius 2 is 1.41 bits per heavy atom. The number of imidazole rings is 1. The number of benzene rings is 4. The van der Waals surface area contributed by atoms with Crippen LogP contribution in [-0.4, -0.2) is 19.1 Å². The monoisotopic (exact) mass is 915 g/mol. The van der Waals surface area contributed by atoms with Crippen LogP contribution in [0.1, 0.15) is 84.6 Å². The molecule has 8 rings (SSSR count). The third-order valence-electron chi connectivity index (χ3n) is 10.2. The third kappa shape index (κ3) is 7.15. The second-order valence-corrected chi connectivity index (χ2v) is 17.3. The molecule has 0 aliphatic heterocycles. The molecule has 8 heteroatoms. The van der Waals surface area contributed by atoms with E-state index in [1.165, 1.54) is 16.7 Å². The first-order valence-corrected chi connectivity index (χ1v) is 18.6. The number of pyridine rings is 2. The van der Waals surface area contributed by atoms with Crippen LogP contribution in [0, 0.1) is 29.8 Å². The van der Waals surface area contributed by atoms with E-state index in [-0.39, 0.29) is 37.3 Å². The summed E-state index contributed by atoms with van der Waals surface area (Å²) in [5, 5.41) is 11.6. The molecule has 4 aromatic carbocycles. The number of ether oxygens (including phenoxy) is 1.